The van der Waals surface area contributed by atoms with Crippen LogP contribution in [0.3, 0.4) is 0 Å². The highest BCUT2D eigenvalue weighted by Crippen LogP contribution is 2.24. The van der Waals surface area contributed by atoms with Crippen LogP contribution in [0.4, 0.5) is 5.69 Å². The molecule has 0 saturated carbocycles. The van der Waals surface area contributed by atoms with Gasteiger partial charge in [0.05, 0.1) is 16.3 Å². The molecule has 0 saturated heterocycles. The van der Waals surface area contributed by atoms with Gasteiger partial charge in [-0.3, -0.25) is 4.79 Å². The minimum absolute atomic E-state index is 0.0399. The van der Waals surface area contributed by atoms with E-state index in [0.717, 1.165) is 18.7 Å². The number of benzene rings is 1. The first-order valence-corrected chi connectivity index (χ1v) is 6.95. The molecular weight excluding hydrogens is 276 g/mol. The van der Waals surface area contributed by atoms with Gasteiger partial charge in [0, 0.05) is 33.3 Å². The average molecular weight is 299 g/mol. The maximum absolute atomic E-state index is 11.9. The first-order chi connectivity index (χ1) is 9.26. The van der Waals surface area contributed by atoms with Gasteiger partial charge in [0.2, 0.25) is 0 Å². The SMILES string of the molecule is COC(C)(C)CCNc1cc(C(=O)N(C)C)ccc1Cl. The third kappa shape index (κ3) is 4.69. The molecule has 20 heavy (non-hydrogen) atoms. The number of nitrogens with zero attached hydrogens (tertiary/aromatic N) is 1. The van der Waals surface area contributed by atoms with Gasteiger partial charge < -0.3 is 15.0 Å². The van der Waals surface area contributed by atoms with E-state index >= 15 is 0 Å². The molecule has 0 aliphatic rings. The molecule has 0 radical (unpaired) electrons. The summed E-state index contributed by atoms with van der Waals surface area (Å²) in [6, 6.07) is 5.25. The van der Waals surface area contributed by atoms with E-state index in [4.69, 9.17) is 16.3 Å². The van der Waals surface area contributed by atoms with Crippen LogP contribution in [-0.4, -0.2) is 44.2 Å². The van der Waals surface area contributed by atoms with Crippen LogP contribution in [0.15, 0.2) is 18.2 Å². The molecular formula is C15H23ClN2O2. The lowest BCUT2D eigenvalue weighted by molar-refractivity contribution is 0.0185. The second-order valence-corrected chi connectivity index (χ2v) is 5.94. The first kappa shape index (κ1) is 16.8. The van der Waals surface area contributed by atoms with Gasteiger partial charge in [0.1, 0.15) is 0 Å². The van der Waals surface area contributed by atoms with Crippen LogP contribution < -0.4 is 5.32 Å². The van der Waals surface area contributed by atoms with Crippen molar-refractivity contribution in [2.75, 3.05) is 33.1 Å². The summed E-state index contributed by atoms with van der Waals surface area (Å²) < 4.78 is 5.37. The summed E-state index contributed by atoms with van der Waals surface area (Å²) in [4.78, 5) is 13.5. The molecule has 112 valence electrons. The molecule has 0 spiro atoms. The maximum Gasteiger partial charge on any atom is 0.253 e. The minimum Gasteiger partial charge on any atom is -0.384 e. The van der Waals surface area contributed by atoms with Crippen LogP contribution in [0.25, 0.3) is 0 Å². The summed E-state index contributed by atoms with van der Waals surface area (Å²) >= 11 is 6.15. The molecule has 1 rings (SSSR count). The number of methoxy groups -OCH3 is 1. The summed E-state index contributed by atoms with van der Waals surface area (Å²) in [7, 11) is 5.15. The lowest BCUT2D eigenvalue weighted by Crippen LogP contribution is -2.26. The smallest absolute Gasteiger partial charge is 0.253 e. The van der Waals surface area contributed by atoms with Crippen molar-refractivity contribution in [2.45, 2.75) is 25.9 Å². The number of amides is 1. The van der Waals surface area contributed by atoms with Crippen molar-refractivity contribution in [1.82, 2.24) is 4.90 Å². The number of rotatable bonds is 6. The molecule has 4 nitrogen and oxygen atoms in total. The van der Waals surface area contributed by atoms with Crippen LogP contribution in [0.5, 0.6) is 0 Å². The molecule has 1 aromatic rings. The number of carbonyl (C=O) groups is 1. The van der Waals surface area contributed by atoms with E-state index < -0.39 is 0 Å². The topological polar surface area (TPSA) is 41.6 Å². The highest BCUT2D eigenvalue weighted by molar-refractivity contribution is 6.33. The molecule has 0 aliphatic heterocycles. The fourth-order valence-corrected chi connectivity index (χ4v) is 1.84. The summed E-state index contributed by atoms with van der Waals surface area (Å²) in [5.41, 5.74) is 1.20. The Morgan fingerprint density at radius 1 is 1.40 bits per heavy atom. The third-order valence-electron chi connectivity index (χ3n) is 3.21. The Balaban J connectivity index is 2.75. The molecule has 1 aromatic carbocycles. The zero-order valence-electron chi connectivity index (χ0n) is 12.8. The Hall–Kier alpha value is -1.26. The number of carbonyl (C=O) groups excluding carboxylic acids is 1. The van der Waals surface area contributed by atoms with Gasteiger partial charge in [0.15, 0.2) is 0 Å². The number of anilines is 1. The minimum atomic E-state index is -0.184. The Bertz CT molecular complexity index is 473. The maximum atomic E-state index is 11.9. The summed E-state index contributed by atoms with van der Waals surface area (Å²) in [6.45, 7) is 4.78. The van der Waals surface area contributed by atoms with E-state index in [-0.39, 0.29) is 11.5 Å². The van der Waals surface area contributed by atoms with E-state index in [1.54, 1.807) is 44.3 Å². The van der Waals surface area contributed by atoms with E-state index in [2.05, 4.69) is 5.32 Å². The Labute approximate surface area is 126 Å². The van der Waals surface area contributed by atoms with Gasteiger partial charge in [-0.25, -0.2) is 0 Å². The van der Waals surface area contributed by atoms with Crippen molar-refractivity contribution in [3.8, 4) is 0 Å². The van der Waals surface area contributed by atoms with Crippen molar-refractivity contribution in [3.05, 3.63) is 28.8 Å². The Morgan fingerprint density at radius 3 is 2.60 bits per heavy atom. The van der Waals surface area contributed by atoms with Crippen LogP contribution in [0.2, 0.25) is 5.02 Å². The summed E-state index contributed by atoms with van der Waals surface area (Å²) in [6.07, 6.45) is 0.839. The largest absolute Gasteiger partial charge is 0.384 e. The Morgan fingerprint density at radius 2 is 2.05 bits per heavy atom. The average Bonchev–Trinajstić information content (AvgIpc) is 2.40. The van der Waals surface area contributed by atoms with E-state index in [1.807, 2.05) is 13.8 Å². The molecule has 0 bridgehead atoms. The zero-order valence-corrected chi connectivity index (χ0v) is 13.5. The lowest BCUT2D eigenvalue weighted by atomic mass is 10.1. The van der Waals surface area contributed by atoms with Gasteiger partial charge in [-0.1, -0.05) is 11.6 Å². The predicted octanol–water partition coefficient (Wildman–Crippen LogP) is 3.27. The van der Waals surface area contributed by atoms with Gasteiger partial charge in [-0.15, -0.1) is 0 Å². The van der Waals surface area contributed by atoms with Crippen molar-refractivity contribution < 1.29 is 9.53 Å². The van der Waals surface area contributed by atoms with Crippen molar-refractivity contribution in [3.63, 3.8) is 0 Å². The molecule has 0 unspecified atom stereocenters. The molecule has 0 heterocycles. The van der Waals surface area contributed by atoms with Crippen LogP contribution in [0, 0.1) is 0 Å². The first-order valence-electron chi connectivity index (χ1n) is 6.57. The number of hydrogen-bond acceptors (Lipinski definition) is 3. The molecule has 0 aliphatic carbocycles. The Kier molecular flexibility index (Phi) is 5.84. The van der Waals surface area contributed by atoms with Crippen molar-refractivity contribution >= 4 is 23.2 Å². The number of hydrogen-bond donors (Lipinski definition) is 1. The molecule has 0 fully saturated rings. The van der Waals surface area contributed by atoms with Crippen LogP contribution in [0.1, 0.15) is 30.6 Å². The molecule has 0 aromatic heterocycles. The molecule has 0 atom stereocenters. The quantitative estimate of drug-likeness (QED) is 0.876. The van der Waals surface area contributed by atoms with Crippen molar-refractivity contribution in [2.24, 2.45) is 0 Å². The number of halogens is 1. The fraction of sp³-hybridized carbons (Fsp3) is 0.533. The number of nitrogens with one attached hydrogen (secondary N) is 1. The van der Waals surface area contributed by atoms with Gasteiger partial charge in [0.25, 0.3) is 5.91 Å². The molecule has 1 N–H and O–H groups in total. The second-order valence-electron chi connectivity index (χ2n) is 5.53. The fourth-order valence-electron chi connectivity index (χ4n) is 1.65. The zero-order chi connectivity index (χ0) is 15.3. The monoisotopic (exact) mass is 298 g/mol. The number of ether oxygens (including phenoxy) is 1. The van der Waals surface area contributed by atoms with Crippen molar-refractivity contribution in [1.29, 1.82) is 0 Å². The normalized spacial score (nSPS) is 11.3. The van der Waals surface area contributed by atoms with Gasteiger partial charge >= 0.3 is 0 Å². The molecule has 1 amide bonds. The summed E-state index contributed by atoms with van der Waals surface area (Å²) in [5.74, 6) is -0.0399. The third-order valence-corrected chi connectivity index (χ3v) is 3.54. The van der Waals surface area contributed by atoms with Gasteiger partial charge in [-0.2, -0.15) is 0 Å². The van der Waals surface area contributed by atoms with E-state index in [1.165, 1.54) is 0 Å². The van der Waals surface area contributed by atoms with Gasteiger partial charge in [-0.05, 0) is 38.5 Å². The predicted molar refractivity (Wildman–Crippen MR) is 83.7 cm³/mol. The van der Waals surface area contributed by atoms with E-state index in [9.17, 15) is 4.79 Å². The van der Waals surface area contributed by atoms with E-state index in [0.29, 0.717) is 10.6 Å². The second kappa shape index (κ2) is 6.95. The van der Waals surface area contributed by atoms with Crippen LogP contribution in [-0.2, 0) is 4.74 Å². The molecule has 5 heteroatoms. The lowest BCUT2D eigenvalue weighted by Gasteiger charge is -2.23. The standard InChI is InChI=1S/C15H23ClN2O2/c1-15(2,20-5)8-9-17-13-10-11(6-7-12(13)16)14(19)18(3)4/h6-7,10,17H,8-9H2,1-5H3. The summed E-state index contributed by atoms with van der Waals surface area (Å²) in [5, 5.41) is 3.86. The highest BCUT2D eigenvalue weighted by atomic mass is 35.5. The van der Waals surface area contributed by atoms with Crippen LogP contribution >= 0.6 is 11.6 Å². The highest BCUT2D eigenvalue weighted by Gasteiger charge is 2.16.